The number of rotatable bonds is 6. The van der Waals surface area contributed by atoms with Crippen LogP contribution < -0.4 is 15.4 Å². The predicted octanol–water partition coefficient (Wildman–Crippen LogP) is 3.29. The number of carbonyl (C=O) groups is 2. The number of fused-ring (bicyclic) bond motifs is 1. The van der Waals surface area contributed by atoms with Gasteiger partial charge in [0.1, 0.15) is 5.75 Å². The van der Waals surface area contributed by atoms with Crippen LogP contribution >= 0.6 is 0 Å². The number of aryl methyl sites for hydroxylation is 1. The van der Waals surface area contributed by atoms with Crippen molar-refractivity contribution in [2.24, 2.45) is 0 Å². The molecule has 1 saturated heterocycles. The normalized spacial score (nSPS) is 21.0. The van der Waals surface area contributed by atoms with Gasteiger partial charge in [0.2, 0.25) is 11.8 Å². The maximum Gasteiger partial charge on any atom is 0.241 e. The third-order valence-corrected chi connectivity index (χ3v) is 6.08. The van der Waals surface area contributed by atoms with Crippen LogP contribution in [0.15, 0.2) is 48.5 Å². The summed E-state index contributed by atoms with van der Waals surface area (Å²) in [6.07, 6.45) is 4.80. The van der Waals surface area contributed by atoms with E-state index < -0.39 is 0 Å². The van der Waals surface area contributed by atoms with E-state index in [0.717, 1.165) is 50.1 Å². The summed E-state index contributed by atoms with van der Waals surface area (Å²) in [6, 6.07) is 15.4. The van der Waals surface area contributed by atoms with Crippen LogP contribution in [0.5, 0.6) is 5.75 Å². The topological polar surface area (TPSA) is 70.7 Å². The molecular formula is C24H29N3O3. The van der Waals surface area contributed by atoms with Gasteiger partial charge in [-0.05, 0) is 74.0 Å². The molecule has 0 aromatic heterocycles. The number of amides is 2. The van der Waals surface area contributed by atoms with Crippen molar-refractivity contribution in [1.82, 2.24) is 10.2 Å². The number of hydrogen-bond donors (Lipinski definition) is 2. The number of anilines is 1. The monoisotopic (exact) mass is 407 g/mol. The molecule has 0 bridgehead atoms. The average Bonchev–Trinajstić information content (AvgIpc) is 3.22. The molecule has 0 radical (unpaired) electrons. The number of nitrogens with zero attached hydrogens (tertiary/aromatic N) is 1. The van der Waals surface area contributed by atoms with Crippen molar-refractivity contribution in [3.8, 4) is 5.75 Å². The van der Waals surface area contributed by atoms with Crippen molar-refractivity contribution in [1.29, 1.82) is 0 Å². The first kappa shape index (κ1) is 20.4. The Bertz CT molecular complexity index is 897. The van der Waals surface area contributed by atoms with Gasteiger partial charge < -0.3 is 15.4 Å². The van der Waals surface area contributed by atoms with Gasteiger partial charge >= 0.3 is 0 Å². The molecule has 2 aromatic rings. The smallest absolute Gasteiger partial charge is 0.241 e. The van der Waals surface area contributed by atoms with E-state index in [1.807, 2.05) is 35.2 Å². The van der Waals surface area contributed by atoms with Crippen LogP contribution in [0.4, 0.5) is 5.69 Å². The van der Waals surface area contributed by atoms with Crippen molar-refractivity contribution in [3.63, 3.8) is 0 Å². The van der Waals surface area contributed by atoms with E-state index in [9.17, 15) is 9.59 Å². The first-order valence-electron chi connectivity index (χ1n) is 10.7. The minimum Gasteiger partial charge on any atom is -0.497 e. The van der Waals surface area contributed by atoms with Gasteiger partial charge in [-0.2, -0.15) is 0 Å². The van der Waals surface area contributed by atoms with Gasteiger partial charge in [-0.1, -0.05) is 24.3 Å². The molecular weight excluding hydrogens is 378 g/mol. The summed E-state index contributed by atoms with van der Waals surface area (Å²) in [5, 5.41) is 6.16. The van der Waals surface area contributed by atoms with E-state index in [2.05, 4.69) is 28.8 Å². The van der Waals surface area contributed by atoms with Gasteiger partial charge in [0.15, 0.2) is 0 Å². The molecule has 2 aliphatic rings. The average molecular weight is 408 g/mol. The molecule has 2 amide bonds. The Labute approximate surface area is 177 Å². The highest BCUT2D eigenvalue weighted by atomic mass is 16.5. The van der Waals surface area contributed by atoms with Crippen LogP contribution in [0.25, 0.3) is 0 Å². The Kier molecular flexibility index (Phi) is 6.33. The fraction of sp³-hybridized carbons (Fsp3) is 0.417. The second kappa shape index (κ2) is 9.30. The molecule has 2 aromatic carbocycles. The highest BCUT2D eigenvalue weighted by Gasteiger charge is 2.32. The maximum absolute atomic E-state index is 12.8. The fourth-order valence-corrected chi connectivity index (χ4v) is 4.54. The third-order valence-electron chi connectivity index (χ3n) is 6.08. The number of hydrogen-bond acceptors (Lipinski definition) is 4. The first-order chi connectivity index (χ1) is 14.6. The molecule has 0 unspecified atom stereocenters. The van der Waals surface area contributed by atoms with Crippen LogP contribution in [-0.4, -0.2) is 43.0 Å². The summed E-state index contributed by atoms with van der Waals surface area (Å²) in [5.41, 5.74) is 3.29. The van der Waals surface area contributed by atoms with E-state index in [1.54, 1.807) is 7.11 Å². The molecule has 1 heterocycles. The van der Waals surface area contributed by atoms with E-state index in [0.29, 0.717) is 0 Å². The minimum absolute atomic E-state index is 0.0131. The van der Waals surface area contributed by atoms with Crippen molar-refractivity contribution < 1.29 is 14.3 Å². The summed E-state index contributed by atoms with van der Waals surface area (Å²) in [7, 11) is 1.61. The van der Waals surface area contributed by atoms with E-state index in [4.69, 9.17) is 4.74 Å². The Morgan fingerprint density at radius 3 is 2.67 bits per heavy atom. The van der Waals surface area contributed by atoms with Crippen LogP contribution in [0.3, 0.4) is 0 Å². The number of methoxy groups -OCH3 is 1. The zero-order chi connectivity index (χ0) is 20.9. The lowest BCUT2D eigenvalue weighted by atomic mass is 9.88. The van der Waals surface area contributed by atoms with E-state index >= 15 is 0 Å². The largest absolute Gasteiger partial charge is 0.497 e. The second-order valence-corrected chi connectivity index (χ2v) is 8.06. The summed E-state index contributed by atoms with van der Waals surface area (Å²) in [4.78, 5) is 27.6. The lowest BCUT2D eigenvalue weighted by molar-refractivity contribution is -0.125. The van der Waals surface area contributed by atoms with Gasteiger partial charge in [0.25, 0.3) is 0 Å². The van der Waals surface area contributed by atoms with E-state index in [1.165, 1.54) is 11.1 Å². The zero-order valence-electron chi connectivity index (χ0n) is 17.4. The zero-order valence-corrected chi connectivity index (χ0v) is 17.4. The quantitative estimate of drug-likeness (QED) is 0.771. The van der Waals surface area contributed by atoms with Crippen molar-refractivity contribution in [2.75, 3.05) is 25.5 Å². The number of nitrogens with one attached hydrogen (secondary N) is 2. The van der Waals surface area contributed by atoms with Crippen molar-refractivity contribution in [3.05, 3.63) is 59.7 Å². The molecule has 4 rings (SSSR count). The van der Waals surface area contributed by atoms with Crippen LogP contribution in [0, 0.1) is 0 Å². The maximum atomic E-state index is 12.8. The standard InChI is InChI=1S/C24H29N3O3/c1-30-19-13-11-18(12-14-19)25-24(29)22-10-5-15-27(22)16-23(28)26-21-9-4-7-17-6-2-3-8-20(17)21/h2-3,6,8,11-14,21-22H,4-5,7,9-10,15-16H2,1H3,(H,25,29)(H,26,28)/t21-,22-/m0/s1. The first-order valence-corrected chi connectivity index (χ1v) is 10.7. The Balaban J connectivity index is 1.34. The highest BCUT2D eigenvalue weighted by molar-refractivity contribution is 5.95. The van der Waals surface area contributed by atoms with Gasteiger partial charge in [0, 0.05) is 5.69 Å². The molecule has 6 heteroatoms. The lowest BCUT2D eigenvalue weighted by Gasteiger charge is -2.28. The van der Waals surface area contributed by atoms with Crippen LogP contribution in [0.2, 0.25) is 0 Å². The van der Waals surface area contributed by atoms with Gasteiger partial charge in [-0.3, -0.25) is 14.5 Å². The van der Waals surface area contributed by atoms with Gasteiger partial charge in [-0.15, -0.1) is 0 Å². The number of ether oxygens (including phenoxy) is 1. The van der Waals surface area contributed by atoms with Crippen LogP contribution in [-0.2, 0) is 16.0 Å². The molecule has 30 heavy (non-hydrogen) atoms. The third kappa shape index (κ3) is 4.65. The lowest BCUT2D eigenvalue weighted by Crippen LogP contribution is -2.45. The molecule has 1 fully saturated rings. The second-order valence-electron chi connectivity index (χ2n) is 8.06. The molecule has 1 aliphatic carbocycles. The molecule has 158 valence electrons. The van der Waals surface area contributed by atoms with E-state index in [-0.39, 0.29) is 30.4 Å². The Morgan fingerprint density at radius 2 is 1.87 bits per heavy atom. The molecule has 0 spiro atoms. The Morgan fingerprint density at radius 1 is 1.07 bits per heavy atom. The number of carbonyl (C=O) groups excluding carboxylic acids is 2. The van der Waals surface area contributed by atoms with Gasteiger partial charge in [-0.25, -0.2) is 0 Å². The van der Waals surface area contributed by atoms with Crippen LogP contribution in [0.1, 0.15) is 42.9 Å². The van der Waals surface area contributed by atoms with Gasteiger partial charge in [0.05, 0.1) is 25.7 Å². The number of benzene rings is 2. The summed E-state index contributed by atoms with van der Waals surface area (Å²) < 4.78 is 5.15. The summed E-state index contributed by atoms with van der Waals surface area (Å²) >= 11 is 0. The molecule has 0 saturated carbocycles. The highest BCUT2D eigenvalue weighted by Crippen LogP contribution is 2.29. The minimum atomic E-state index is -0.281. The predicted molar refractivity (Wildman–Crippen MR) is 116 cm³/mol. The summed E-state index contributed by atoms with van der Waals surface area (Å²) in [5.74, 6) is 0.672. The molecule has 6 nitrogen and oxygen atoms in total. The number of likely N-dealkylation sites (tertiary alicyclic amines) is 1. The SMILES string of the molecule is COc1ccc(NC(=O)[C@@H]2CCCN2CC(=O)N[C@H]2CCCc3ccccc32)cc1. The van der Waals surface area contributed by atoms with Crippen molar-refractivity contribution >= 4 is 17.5 Å². The summed E-state index contributed by atoms with van der Waals surface area (Å²) in [6.45, 7) is 1.01. The Hall–Kier alpha value is -2.86. The molecule has 2 N–H and O–H groups in total. The molecule has 2 atom stereocenters. The fourth-order valence-electron chi connectivity index (χ4n) is 4.54. The van der Waals surface area contributed by atoms with Crippen molar-refractivity contribution in [2.45, 2.75) is 44.2 Å². The molecule has 1 aliphatic heterocycles.